The van der Waals surface area contributed by atoms with Gasteiger partial charge >= 0.3 is 6.18 Å². The van der Waals surface area contributed by atoms with E-state index in [0.29, 0.717) is 18.2 Å². The van der Waals surface area contributed by atoms with Crippen LogP contribution >= 0.6 is 0 Å². The monoisotopic (exact) mass is 259 g/mol. The molecule has 2 rings (SSSR count). The molecule has 1 aromatic rings. The summed E-state index contributed by atoms with van der Waals surface area (Å²) in [7, 11) is 0. The average molecular weight is 259 g/mol. The van der Waals surface area contributed by atoms with E-state index in [4.69, 9.17) is 0 Å². The molecule has 1 saturated heterocycles. The Morgan fingerprint density at radius 3 is 2.67 bits per heavy atom. The van der Waals surface area contributed by atoms with Gasteiger partial charge in [-0.25, -0.2) is 9.97 Å². The Kier molecular flexibility index (Phi) is 4.16. The number of alkyl halides is 3. The first-order valence-corrected chi connectivity index (χ1v) is 6.15. The average Bonchev–Trinajstić information content (AvgIpc) is 2.37. The van der Waals surface area contributed by atoms with Gasteiger partial charge < -0.3 is 5.32 Å². The van der Waals surface area contributed by atoms with E-state index in [1.54, 1.807) is 0 Å². The number of rotatable bonds is 3. The molecule has 18 heavy (non-hydrogen) atoms. The van der Waals surface area contributed by atoms with Crippen molar-refractivity contribution in [3.8, 4) is 0 Å². The molecule has 0 spiro atoms. The third-order valence-electron chi connectivity index (χ3n) is 3.23. The Morgan fingerprint density at radius 1 is 1.28 bits per heavy atom. The van der Waals surface area contributed by atoms with Crippen molar-refractivity contribution in [2.45, 2.75) is 31.9 Å². The lowest BCUT2D eigenvalue weighted by molar-refractivity contribution is -0.141. The van der Waals surface area contributed by atoms with Crippen molar-refractivity contribution in [3.63, 3.8) is 0 Å². The molecule has 2 heterocycles. The molecule has 1 fully saturated rings. The first kappa shape index (κ1) is 13.3. The second kappa shape index (κ2) is 5.65. The molecule has 1 N–H and O–H groups in total. The maximum atomic E-state index is 12.5. The van der Waals surface area contributed by atoms with Crippen LogP contribution in [0.15, 0.2) is 12.3 Å². The van der Waals surface area contributed by atoms with Gasteiger partial charge in [-0.15, -0.1) is 0 Å². The SMILES string of the molecule is FC(F)(F)c1ccnc(CCC2CCNCC2)n1. The number of aryl methyl sites for hydroxylation is 1. The van der Waals surface area contributed by atoms with Crippen LogP contribution in [0.3, 0.4) is 0 Å². The standard InChI is InChI=1S/C12H16F3N3/c13-12(14,15)10-5-8-17-11(18-10)2-1-9-3-6-16-7-4-9/h5,8-9,16H,1-4,6-7H2. The summed E-state index contributed by atoms with van der Waals surface area (Å²) in [6.07, 6.45) is 0.357. The van der Waals surface area contributed by atoms with E-state index in [9.17, 15) is 13.2 Å². The highest BCUT2D eigenvalue weighted by atomic mass is 19.4. The highest BCUT2D eigenvalue weighted by molar-refractivity contribution is 5.06. The molecule has 0 aromatic carbocycles. The third-order valence-corrected chi connectivity index (χ3v) is 3.23. The summed E-state index contributed by atoms with van der Waals surface area (Å²) in [5.41, 5.74) is -0.849. The van der Waals surface area contributed by atoms with E-state index in [0.717, 1.165) is 38.4 Å². The van der Waals surface area contributed by atoms with Crippen LogP contribution in [-0.2, 0) is 12.6 Å². The van der Waals surface area contributed by atoms with Gasteiger partial charge in [-0.2, -0.15) is 13.2 Å². The summed E-state index contributed by atoms with van der Waals surface area (Å²) in [4.78, 5) is 7.49. The van der Waals surface area contributed by atoms with Gasteiger partial charge in [-0.3, -0.25) is 0 Å². The van der Waals surface area contributed by atoms with Crippen molar-refractivity contribution >= 4 is 0 Å². The van der Waals surface area contributed by atoms with Crippen LogP contribution in [0.1, 0.15) is 30.8 Å². The van der Waals surface area contributed by atoms with Crippen LogP contribution in [0, 0.1) is 5.92 Å². The molecular formula is C12H16F3N3. The Bertz CT molecular complexity index is 386. The van der Waals surface area contributed by atoms with E-state index in [1.807, 2.05) is 0 Å². The second-order valence-electron chi connectivity index (χ2n) is 4.59. The van der Waals surface area contributed by atoms with Gasteiger partial charge in [0, 0.05) is 12.6 Å². The first-order chi connectivity index (χ1) is 8.55. The van der Waals surface area contributed by atoms with Crippen molar-refractivity contribution in [3.05, 3.63) is 23.8 Å². The van der Waals surface area contributed by atoms with Crippen LogP contribution in [0.25, 0.3) is 0 Å². The summed E-state index contributed by atoms with van der Waals surface area (Å²) < 4.78 is 37.4. The zero-order chi connectivity index (χ0) is 13.0. The molecule has 1 aliphatic heterocycles. The maximum absolute atomic E-state index is 12.5. The Morgan fingerprint density at radius 2 is 2.00 bits per heavy atom. The molecule has 0 saturated carbocycles. The fourth-order valence-electron chi connectivity index (χ4n) is 2.18. The Labute approximate surface area is 104 Å². The minimum Gasteiger partial charge on any atom is -0.317 e. The van der Waals surface area contributed by atoms with Crippen LogP contribution < -0.4 is 5.32 Å². The second-order valence-corrected chi connectivity index (χ2v) is 4.59. The third kappa shape index (κ3) is 3.66. The topological polar surface area (TPSA) is 37.8 Å². The molecule has 6 heteroatoms. The summed E-state index contributed by atoms with van der Waals surface area (Å²) in [5, 5.41) is 3.26. The number of aromatic nitrogens is 2. The van der Waals surface area contributed by atoms with Crippen molar-refractivity contribution < 1.29 is 13.2 Å². The quantitative estimate of drug-likeness (QED) is 0.906. The van der Waals surface area contributed by atoms with Gasteiger partial charge in [0.25, 0.3) is 0 Å². The number of hydrogen-bond donors (Lipinski definition) is 1. The summed E-state index contributed by atoms with van der Waals surface area (Å²) >= 11 is 0. The largest absolute Gasteiger partial charge is 0.433 e. The zero-order valence-electron chi connectivity index (χ0n) is 10.0. The van der Waals surface area contributed by atoms with E-state index < -0.39 is 11.9 Å². The Balaban J connectivity index is 1.92. The molecule has 1 aliphatic rings. The van der Waals surface area contributed by atoms with Crippen LogP contribution in [0.4, 0.5) is 13.2 Å². The number of halogens is 3. The van der Waals surface area contributed by atoms with Gasteiger partial charge in [-0.05, 0) is 44.3 Å². The van der Waals surface area contributed by atoms with Gasteiger partial charge in [0.15, 0.2) is 0 Å². The first-order valence-electron chi connectivity index (χ1n) is 6.15. The Hall–Kier alpha value is -1.17. The van der Waals surface area contributed by atoms with Crippen molar-refractivity contribution in [2.75, 3.05) is 13.1 Å². The maximum Gasteiger partial charge on any atom is 0.433 e. The molecule has 0 aliphatic carbocycles. The molecule has 0 amide bonds. The molecule has 1 aromatic heterocycles. The van der Waals surface area contributed by atoms with Gasteiger partial charge in [0.05, 0.1) is 0 Å². The molecule has 0 bridgehead atoms. The van der Waals surface area contributed by atoms with Gasteiger partial charge in [-0.1, -0.05) is 0 Å². The lowest BCUT2D eigenvalue weighted by Crippen LogP contribution is -2.28. The summed E-state index contributed by atoms with van der Waals surface area (Å²) in [5.74, 6) is 0.868. The van der Waals surface area contributed by atoms with Crippen molar-refractivity contribution in [1.29, 1.82) is 0 Å². The molecule has 0 atom stereocenters. The van der Waals surface area contributed by atoms with Crippen LogP contribution in [0.5, 0.6) is 0 Å². The molecule has 100 valence electrons. The fourth-order valence-corrected chi connectivity index (χ4v) is 2.18. The predicted molar refractivity (Wildman–Crippen MR) is 60.9 cm³/mol. The van der Waals surface area contributed by atoms with E-state index >= 15 is 0 Å². The minimum atomic E-state index is -4.38. The minimum absolute atomic E-state index is 0.295. The predicted octanol–water partition coefficient (Wildman–Crippen LogP) is 2.43. The highest BCUT2D eigenvalue weighted by Gasteiger charge is 2.32. The smallest absolute Gasteiger partial charge is 0.317 e. The molecule has 3 nitrogen and oxygen atoms in total. The highest BCUT2D eigenvalue weighted by Crippen LogP contribution is 2.27. The van der Waals surface area contributed by atoms with Crippen LogP contribution in [-0.4, -0.2) is 23.1 Å². The summed E-state index contributed by atoms with van der Waals surface area (Å²) in [6.45, 7) is 1.99. The van der Waals surface area contributed by atoms with Crippen LogP contribution in [0.2, 0.25) is 0 Å². The lowest BCUT2D eigenvalue weighted by atomic mass is 9.93. The van der Waals surface area contributed by atoms with Crippen molar-refractivity contribution in [1.82, 2.24) is 15.3 Å². The number of hydrogen-bond acceptors (Lipinski definition) is 3. The number of nitrogens with one attached hydrogen (secondary N) is 1. The van der Waals surface area contributed by atoms with Gasteiger partial charge in [0.2, 0.25) is 0 Å². The normalized spacial score (nSPS) is 17.9. The summed E-state index contributed by atoms with van der Waals surface area (Å²) in [6, 6.07) is 0.911. The van der Waals surface area contributed by atoms with E-state index in [2.05, 4.69) is 15.3 Å². The number of piperidine rings is 1. The molecule has 0 unspecified atom stereocenters. The van der Waals surface area contributed by atoms with E-state index in [-0.39, 0.29) is 0 Å². The fraction of sp³-hybridized carbons (Fsp3) is 0.667. The van der Waals surface area contributed by atoms with Gasteiger partial charge in [0.1, 0.15) is 11.5 Å². The van der Waals surface area contributed by atoms with Crippen molar-refractivity contribution in [2.24, 2.45) is 5.92 Å². The zero-order valence-corrected chi connectivity index (χ0v) is 10.0. The van der Waals surface area contributed by atoms with E-state index in [1.165, 1.54) is 6.20 Å². The molecule has 0 radical (unpaired) electrons. The number of nitrogens with zero attached hydrogens (tertiary/aromatic N) is 2. The molecular weight excluding hydrogens is 243 g/mol. The lowest BCUT2D eigenvalue weighted by Gasteiger charge is -2.22.